The topological polar surface area (TPSA) is 43.1 Å². The number of nitrogen functional groups attached to an aromatic ring is 1. The molecule has 0 aromatic heterocycles. The van der Waals surface area contributed by atoms with Crippen molar-refractivity contribution >= 4 is 16.5 Å². The number of halogens is 3. The highest BCUT2D eigenvalue weighted by Gasteiger charge is 2.11. The fraction of sp³-hybridized carbons (Fsp3) is 0.0769. The minimum Gasteiger partial charge on any atom is -0.399 e. The second-order valence-electron chi connectivity index (χ2n) is 3.95. The zero-order valence-corrected chi connectivity index (χ0v) is 10.5. The molecule has 0 heterocycles. The van der Waals surface area contributed by atoms with E-state index < -0.39 is 28.3 Å². The maximum absolute atomic E-state index is 13.4. The van der Waals surface area contributed by atoms with Crippen LogP contribution in [-0.4, -0.2) is 4.21 Å². The van der Waals surface area contributed by atoms with E-state index in [4.69, 9.17) is 5.73 Å². The summed E-state index contributed by atoms with van der Waals surface area (Å²) in [4.78, 5) is 0.140. The predicted molar refractivity (Wildman–Crippen MR) is 67.3 cm³/mol. The van der Waals surface area contributed by atoms with Gasteiger partial charge in [-0.15, -0.1) is 0 Å². The van der Waals surface area contributed by atoms with Crippen LogP contribution in [0.2, 0.25) is 0 Å². The van der Waals surface area contributed by atoms with E-state index in [0.29, 0.717) is 0 Å². The average molecular weight is 285 g/mol. The molecule has 0 amide bonds. The Morgan fingerprint density at radius 3 is 2.42 bits per heavy atom. The fourth-order valence-corrected chi connectivity index (χ4v) is 2.78. The number of rotatable bonds is 3. The maximum atomic E-state index is 13.4. The van der Waals surface area contributed by atoms with E-state index in [2.05, 4.69) is 0 Å². The molecule has 2 rings (SSSR count). The van der Waals surface area contributed by atoms with Crippen LogP contribution in [0, 0.1) is 17.5 Å². The van der Waals surface area contributed by atoms with E-state index in [1.54, 1.807) is 0 Å². The van der Waals surface area contributed by atoms with Gasteiger partial charge in [-0.1, -0.05) is 0 Å². The minimum atomic E-state index is -1.70. The Balaban J connectivity index is 2.28. The molecule has 0 bridgehead atoms. The zero-order chi connectivity index (χ0) is 14.0. The Morgan fingerprint density at radius 1 is 1.00 bits per heavy atom. The number of nitrogens with two attached hydrogens (primary N) is 1. The molecule has 100 valence electrons. The number of hydrogen-bond donors (Lipinski definition) is 1. The highest BCUT2D eigenvalue weighted by molar-refractivity contribution is 7.84. The summed E-state index contributed by atoms with van der Waals surface area (Å²) in [5, 5.41) is 0. The largest absolute Gasteiger partial charge is 0.399 e. The SMILES string of the molecule is Nc1cc(F)cc(S(=O)Cc2cc(F)ccc2F)c1. The standard InChI is InChI=1S/C13H10F3NOS/c14-9-1-2-13(16)8(3-9)7-19(18)12-5-10(15)4-11(17)6-12/h1-6H,7,17H2. The maximum Gasteiger partial charge on any atom is 0.127 e. The Bertz CT molecular complexity index is 626. The molecule has 0 aliphatic carbocycles. The van der Waals surface area contributed by atoms with Gasteiger partial charge in [-0.3, -0.25) is 4.21 Å². The van der Waals surface area contributed by atoms with E-state index in [-0.39, 0.29) is 21.9 Å². The van der Waals surface area contributed by atoms with Crippen molar-refractivity contribution < 1.29 is 17.4 Å². The summed E-state index contributed by atoms with van der Waals surface area (Å²) in [6.07, 6.45) is 0. The first-order valence-electron chi connectivity index (χ1n) is 5.34. The summed E-state index contributed by atoms with van der Waals surface area (Å²) in [7, 11) is -1.70. The molecule has 2 aromatic carbocycles. The van der Waals surface area contributed by atoms with Gasteiger partial charge in [-0.25, -0.2) is 13.2 Å². The molecule has 2 N–H and O–H groups in total. The fourth-order valence-electron chi connectivity index (χ4n) is 1.59. The van der Waals surface area contributed by atoms with Crippen LogP contribution in [0.5, 0.6) is 0 Å². The molecule has 0 spiro atoms. The molecular weight excluding hydrogens is 275 g/mol. The lowest BCUT2D eigenvalue weighted by atomic mass is 10.2. The summed E-state index contributed by atoms with van der Waals surface area (Å²) >= 11 is 0. The van der Waals surface area contributed by atoms with E-state index >= 15 is 0 Å². The van der Waals surface area contributed by atoms with Crippen molar-refractivity contribution in [3.63, 3.8) is 0 Å². The van der Waals surface area contributed by atoms with Gasteiger partial charge in [0.05, 0.1) is 16.6 Å². The summed E-state index contributed by atoms with van der Waals surface area (Å²) in [5.41, 5.74) is 5.54. The van der Waals surface area contributed by atoms with Gasteiger partial charge < -0.3 is 5.73 Å². The van der Waals surface area contributed by atoms with Crippen molar-refractivity contribution in [1.29, 1.82) is 0 Å². The lowest BCUT2D eigenvalue weighted by molar-refractivity contribution is 0.590. The van der Waals surface area contributed by atoms with E-state index in [1.807, 2.05) is 0 Å². The van der Waals surface area contributed by atoms with Gasteiger partial charge in [0.15, 0.2) is 0 Å². The second-order valence-corrected chi connectivity index (χ2v) is 5.40. The lowest BCUT2D eigenvalue weighted by Gasteiger charge is -2.05. The lowest BCUT2D eigenvalue weighted by Crippen LogP contribution is -2.01. The normalized spacial score (nSPS) is 12.4. The molecule has 0 fully saturated rings. The first-order chi connectivity index (χ1) is 8.95. The van der Waals surface area contributed by atoms with Crippen LogP contribution >= 0.6 is 0 Å². The monoisotopic (exact) mass is 285 g/mol. The molecule has 19 heavy (non-hydrogen) atoms. The van der Waals surface area contributed by atoms with Gasteiger partial charge >= 0.3 is 0 Å². The number of benzene rings is 2. The Kier molecular flexibility index (Phi) is 3.90. The highest BCUT2D eigenvalue weighted by Crippen LogP contribution is 2.19. The van der Waals surface area contributed by atoms with Crippen LogP contribution in [0.25, 0.3) is 0 Å². The summed E-state index contributed by atoms with van der Waals surface area (Å²) in [5.74, 6) is -2.14. The third kappa shape index (κ3) is 3.35. The second kappa shape index (κ2) is 5.44. The Hall–Kier alpha value is -1.82. The van der Waals surface area contributed by atoms with Gasteiger partial charge in [0, 0.05) is 16.1 Å². The van der Waals surface area contributed by atoms with Gasteiger partial charge in [0.25, 0.3) is 0 Å². The molecule has 6 heteroatoms. The highest BCUT2D eigenvalue weighted by atomic mass is 32.2. The van der Waals surface area contributed by atoms with Gasteiger partial charge in [-0.2, -0.15) is 0 Å². The van der Waals surface area contributed by atoms with Crippen molar-refractivity contribution in [3.8, 4) is 0 Å². The average Bonchev–Trinajstić information content (AvgIpc) is 2.32. The smallest absolute Gasteiger partial charge is 0.127 e. The van der Waals surface area contributed by atoms with Crippen molar-refractivity contribution in [1.82, 2.24) is 0 Å². The van der Waals surface area contributed by atoms with Crippen LogP contribution in [-0.2, 0) is 16.6 Å². The van der Waals surface area contributed by atoms with E-state index in [0.717, 1.165) is 30.3 Å². The van der Waals surface area contributed by atoms with Crippen LogP contribution in [0.3, 0.4) is 0 Å². The van der Waals surface area contributed by atoms with Crippen LogP contribution in [0.15, 0.2) is 41.3 Å². The molecule has 1 atom stereocenters. The Morgan fingerprint density at radius 2 is 1.74 bits per heavy atom. The quantitative estimate of drug-likeness (QED) is 0.881. The predicted octanol–water partition coefficient (Wildman–Crippen LogP) is 2.99. The molecular formula is C13H10F3NOS. The van der Waals surface area contributed by atoms with Gasteiger partial charge in [0.2, 0.25) is 0 Å². The molecule has 0 saturated carbocycles. The van der Waals surface area contributed by atoms with E-state index in [9.17, 15) is 17.4 Å². The molecule has 0 saturated heterocycles. The van der Waals surface area contributed by atoms with E-state index in [1.165, 1.54) is 6.07 Å². The summed E-state index contributed by atoms with van der Waals surface area (Å²) in [6, 6.07) is 6.39. The molecule has 1 unspecified atom stereocenters. The van der Waals surface area contributed by atoms with Gasteiger partial charge in [0.1, 0.15) is 17.5 Å². The third-order valence-corrected chi connectivity index (χ3v) is 3.79. The van der Waals surface area contributed by atoms with Crippen molar-refractivity contribution in [3.05, 3.63) is 59.4 Å². The van der Waals surface area contributed by atoms with Crippen molar-refractivity contribution in [2.45, 2.75) is 10.6 Å². The number of hydrogen-bond acceptors (Lipinski definition) is 2. The molecule has 0 aliphatic rings. The van der Waals surface area contributed by atoms with Crippen LogP contribution < -0.4 is 5.73 Å². The van der Waals surface area contributed by atoms with Crippen molar-refractivity contribution in [2.24, 2.45) is 0 Å². The Labute approximate surface area is 110 Å². The molecule has 0 radical (unpaired) electrons. The zero-order valence-electron chi connectivity index (χ0n) is 9.70. The molecule has 2 nitrogen and oxygen atoms in total. The minimum absolute atomic E-state index is 0.0267. The molecule has 2 aromatic rings. The van der Waals surface area contributed by atoms with Crippen molar-refractivity contribution in [2.75, 3.05) is 5.73 Å². The summed E-state index contributed by atoms with van der Waals surface area (Å²) in [6.45, 7) is 0. The summed E-state index contributed by atoms with van der Waals surface area (Å²) < 4.78 is 51.5. The van der Waals surface area contributed by atoms with Gasteiger partial charge in [-0.05, 0) is 36.4 Å². The first-order valence-corrected chi connectivity index (χ1v) is 6.66. The first kappa shape index (κ1) is 13.6. The van der Waals surface area contributed by atoms with Crippen LogP contribution in [0.1, 0.15) is 5.56 Å². The third-order valence-electron chi connectivity index (χ3n) is 2.45. The molecule has 0 aliphatic heterocycles. The number of anilines is 1. The van der Waals surface area contributed by atoms with Crippen LogP contribution in [0.4, 0.5) is 18.9 Å².